The van der Waals surface area contributed by atoms with Crippen LogP contribution in [0.5, 0.6) is 0 Å². The zero-order valence-electron chi connectivity index (χ0n) is 13.5. The highest BCUT2D eigenvalue weighted by Gasteiger charge is 2.14. The molecule has 1 fully saturated rings. The first kappa shape index (κ1) is 17.0. The van der Waals surface area contributed by atoms with Crippen molar-refractivity contribution in [3.8, 4) is 0 Å². The molecular weight excluding hydrogens is 326 g/mol. The van der Waals surface area contributed by atoms with Gasteiger partial charge in [-0.3, -0.25) is 0 Å². The van der Waals surface area contributed by atoms with Gasteiger partial charge in [-0.1, -0.05) is 47.3 Å². The molecule has 1 aromatic carbocycles. The van der Waals surface area contributed by atoms with Gasteiger partial charge >= 0.3 is 0 Å². The predicted molar refractivity (Wildman–Crippen MR) is 92.4 cm³/mol. The molecule has 3 heteroatoms. The molecule has 0 amide bonds. The van der Waals surface area contributed by atoms with Crippen molar-refractivity contribution < 1.29 is 4.74 Å². The number of hydrogen-bond acceptors (Lipinski definition) is 2. The molecule has 2 nitrogen and oxygen atoms in total. The highest BCUT2D eigenvalue weighted by molar-refractivity contribution is 9.10. The number of ether oxygens (including phenoxy) is 1. The van der Waals surface area contributed by atoms with Gasteiger partial charge in [0.1, 0.15) is 0 Å². The van der Waals surface area contributed by atoms with Gasteiger partial charge in [-0.05, 0) is 50.8 Å². The molecule has 1 aliphatic rings. The lowest BCUT2D eigenvalue weighted by molar-refractivity contribution is 0.0166. The van der Waals surface area contributed by atoms with Gasteiger partial charge in [0, 0.05) is 16.6 Å². The molecule has 1 aromatic rings. The zero-order valence-corrected chi connectivity index (χ0v) is 15.1. The molecule has 1 aliphatic carbocycles. The lowest BCUT2D eigenvalue weighted by Gasteiger charge is -2.23. The Morgan fingerprint density at radius 3 is 2.52 bits per heavy atom. The predicted octanol–water partition coefficient (Wildman–Crippen LogP) is 5.19. The van der Waals surface area contributed by atoms with E-state index in [0.717, 1.165) is 17.6 Å². The average Bonchev–Trinajstić information content (AvgIpc) is 2.44. The third-order valence-electron chi connectivity index (χ3n) is 3.97. The standard InChI is InChI=1S/C18H28BrNO/c1-18(2,3)20-12-14-9-10-15(17(19)11-14)13-21-16-7-5-4-6-8-16/h9-11,16,20H,4-8,12-13H2,1-3H3. The van der Waals surface area contributed by atoms with Gasteiger partial charge in [-0.25, -0.2) is 0 Å². The van der Waals surface area contributed by atoms with Gasteiger partial charge in [0.05, 0.1) is 12.7 Å². The highest BCUT2D eigenvalue weighted by Crippen LogP contribution is 2.24. The molecule has 0 saturated heterocycles. The maximum atomic E-state index is 6.06. The van der Waals surface area contributed by atoms with E-state index in [1.54, 1.807) is 0 Å². The molecule has 0 aliphatic heterocycles. The van der Waals surface area contributed by atoms with Crippen LogP contribution in [0, 0.1) is 0 Å². The molecule has 0 radical (unpaired) electrons. The Hall–Kier alpha value is -0.380. The van der Waals surface area contributed by atoms with Gasteiger partial charge in [-0.15, -0.1) is 0 Å². The normalized spacial score (nSPS) is 17.1. The Labute approximate surface area is 137 Å². The largest absolute Gasteiger partial charge is 0.374 e. The van der Waals surface area contributed by atoms with E-state index in [1.807, 2.05) is 0 Å². The van der Waals surface area contributed by atoms with E-state index in [0.29, 0.717) is 6.10 Å². The van der Waals surface area contributed by atoms with Gasteiger partial charge < -0.3 is 10.1 Å². The third-order valence-corrected chi connectivity index (χ3v) is 4.71. The summed E-state index contributed by atoms with van der Waals surface area (Å²) in [6, 6.07) is 6.59. The fourth-order valence-electron chi connectivity index (χ4n) is 2.62. The first-order chi connectivity index (χ1) is 9.94. The van der Waals surface area contributed by atoms with Crippen molar-refractivity contribution in [1.82, 2.24) is 5.32 Å². The second kappa shape index (κ2) is 7.75. The van der Waals surface area contributed by atoms with Gasteiger partial charge in [-0.2, -0.15) is 0 Å². The Morgan fingerprint density at radius 1 is 1.19 bits per heavy atom. The molecule has 0 aromatic heterocycles. The monoisotopic (exact) mass is 353 g/mol. The van der Waals surface area contributed by atoms with Crippen LogP contribution < -0.4 is 5.32 Å². The maximum absolute atomic E-state index is 6.06. The summed E-state index contributed by atoms with van der Waals surface area (Å²) in [5.74, 6) is 0. The van der Waals surface area contributed by atoms with Crippen LogP contribution >= 0.6 is 15.9 Å². The van der Waals surface area contributed by atoms with E-state index >= 15 is 0 Å². The van der Waals surface area contributed by atoms with Crippen molar-refractivity contribution in [3.63, 3.8) is 0 Å². The van der Waals surface area contributed by atoms with Crippen molar-refractivity contribution in [2.24, 2.45) is 0 Å². The van der Waals surface area contributed by atoms with Gasteiger partial charge in [0.15, 0.2) is 0 Å². The third kappa shape index (κ3) is 6.09. The van der Waals surface area contributed by atoms with Crippen molar-refractivity contribution in [2.45, 2.75) is 77.7 Å². The molecule has 1 saturated carbocycles. The lowest BCUT2D eigenvalue weighted by atomic mass is 9.98. The smallest absolute Gasteiger partial charge is 0.0731 e. The Bertz CT molecular complexity index is 447. The topological polar surface area (TPSA) is 21.3 Å². The lowest BCUT2D eigenvalue weighted by Crippen LogP contribution is -2.35. The first-order valence-electron chi connectivity index (χ1n) is 8.08. The molecule has 21 heavy (non-hydrogen) atoms. The molecule has 0 bridgehead atoms. The SMILES string of the molecule is CC(C)(C)NCc1ccc(COC2CCCCC2)c(Br)c1. The van der Waals surface area contributed by atoms with Crippen LogP contribution in [0.1, 0.15) is 64.0 Å². The summed E-state index contributed by atoms with van der Waals surface area (Å²) in [5.41, 5.74) is 2.70. The molecule has 0 unspecified atom stereocenters. The molecule has 0 heterocycles. The van der Waals surface area contributed by atoms with Gasteiger partial charge in [0.25, 0.3) is 0 Å². The van der Waals surface area contributed by atoms with E-state index in [1.165, 1.54) is 43.2 Å². The number of rotatable bonds is 5. The van der Waals surface area contributed by atoms with E-state index < -0.39 is 0 Å². The van der Waals surface area contributed by atoms with Crippen LogP contribution in [0.3, 0.4) is 0 Å². The average molecular weight is 354 g/mol. The van der Waals surface area contributed by atoms with Crippen molar-refractivity contribution in [1.29, 1.82) is 0 Å². The maximum Gasteiger partial charge on any atom is 0.0731 e. The van der Waals surface area contributed by atoms with Crippen LogP contribution in [0.15, 0.2) is 22.7 Å². The van der Waals surface area contributed by atoms with Crippen LogP contribution in [-0.2, 0) is 17.9 Å². The molecular formula is C18H28BrNO. The van der Waals surface area contributed by atoms with E-state index in [2.05, 4.69) is 60.2 Å². The summed E-state index contributed by atoms with van der Waals surface area (Å²) in [6.07, 6.45) is 6.94. The Kier molecular flexibility index (Phi) is 6.27. The fourth-order valence-corrected chi connectivity index (χ4v) is 3.17. The van der Waals surface area contributed by atoms with E-state index in [9.17, 15) is 0 Å². The summed E-state index contributed by atoms with van der Waals surface area (Å²) in [6.45, 7) is 8.18. The number of hydrogen-bond donors (Lipinski definition) is 1. The Balaban J connectivity index is 1.86. The summed E-state index contributed by atoms with van der Waals surface area (Å²) in [4.78, 5) is 0. The summed E-state index contributed by atoms with van der Waals surface area (Å²) >= 11 is 3.68. The minimum Gasteiger partial charge on any atom is -0.374 e. The molecule has 2 rings (SSSR count). The number of benzene rings is 1. The minimum absolute atomic E-state index is 0.148. The summed E-state index contributed by atoms with van der Waals surface area (Å²) in [5, 5.41) is 3.52. The first-order valence-corrected chi connectivity index (χ1v) is 8.87. The van der Waals surface area contributed by atoms with E-state index in [4.69, 9.17) is 4.74 Å². The number of nitrogens with one attached hydrogen (secondary N) is 1. The van der Waals surface area contributed by atoms with E-state index in [-0.39, 0.29) is 5.54 Å². The molecule has 0 atom stereocenters. The minimum atomic E-state index is 0.148. The van der Waals surface area contributed by atoms with Crippen LogP contribution in [0.25, 0.3) is 0 Å². The van der Waals surface area contributed by atoms with Crippen molar-refractivity contribution in [3.05, 3.63) is 33.8 Å². The Morgan fingerprint density at radius 2 is 1.90 bits per heavy atom. The van der Waals surface area contributed by atoms with Crippen LogP contribution in [0.4, 0.5) is 0 Å². The van der Waals surface area contributed by atoms with Crippen molar-refractivity contribution in [2.75, 3.05) is 0 Å². The van der Waals surface area contributed by atoms with Crippen molar-refractivity contribution >= 4 is 15.9 Å². The quantitative estimate of drug-likeness (QED) is 0.786. The molecule has 118 valence electrons. The molecule has 1 N–H and O–H groups in total. The zero-order chi connectivity index (χ0) is 15.3. The van der Waals surface area contributed by atoms with Crippen LogP contribution in [0.2, 0.25) is 0 Å². The second-order valence-corrected chi connectivity index (χ2v) is 7.95. The highest BCUT2D eigenvalue weighted by atomic mass is 79.9. The number of halogens is 1. The van der Waals surface area contributed by atoms with Gasteiger partial charge in [0.2, 0.25) is 0 Å². The summed E-state index contributed by atoms with van der Waals surface area (Å²) < 4.78 is 7.22. The fraction of sp³-hybridized carbons (Fsp3) is 0.667. The molecule has 0 spiro atoms. The van der Waals surface area contributed by atoms with Crippen LogP contribution in [-0.4, -0.2) is 11.6 Å². The summed E-state index contributed by atoms with van der Waals surface area (Å²) in [7, 11) is 0. The second-order valence-electron chi connectivity index (χ2n) is 7.10.